The highest BCUT2D eigenvalue weighted by Gasteiger charge is 2.33. The number of nitrogens with zero attached hydrogens (tertiary/aromatic N) is 2. The average Bonchev–Trinajstić information content (AvgIpc) is 3.12. The monoisotopic (exact) mass is 474 g/mol. The van der Waals surface area contributed by atoms with Crippen LogP contribution in [-0.2, 0) is 9.84 Å². The molecule has 0 fully saturated rings. The fraction of sp³-hybridized carbons (Fsp3) is 0. The Morgan fingerprint density at radius 3 is 1.40 bits per heavy atom. The molecule has 170 valence electrons. The molecule has 0 N–H and O–H groups in total. The van der Waals surface area contributed by atoms with Crippen LogP contribution in [0.4, 0.5) is 11.4 Å². The quantitative estimate of drug-likeness (QED) is 0.242. The first-order valence-corrected chi connectivity index (χ1v) is 12.6. The van der Waals surface area contributed by atoms with E-state index in [1.807, 2.05) is 109 Å². The van der Waals surface area contributed by atoms with E-state index in [-0.39, 0.29) is 9.79 Å². The second kappa shape index (κ2) is 9.87. The van der Waals surface area contributed by atoms with Crippen molar-refractivity contribution in [2.45, 2.75) is 9.79 Å². The first kappa shape index (κ1) is 22.4. The summed E-state index contributed by atoms with van der Waals surface area (Å²) in [7, 11) is -3.64. The van der Waals surface area contributed by atoms with Crippen LogP contribution in [0.2, 0.25) is 0 Å². The van der Waals surface area contributed by atoms with Crippen LogP contribution >= 0.6 is 0 Å². The number of hydrogen-bond acceptors (Lipinski definition) is 4. The van der Waals surface area contributed by atoms with Gasteiger partial charge < -0.3 is 0 Å². The fourth-order valence-corrected chi connectivity index (χ4v) is 5.61. The molecule has 4 aromatic carbocycles. The number of benzene rings is 4. The third kappa shape index (κ3) is 4.95. The van der Waals surface area contributed by atoms with Gasteiger partial charge in [0.25, 0.3) is 0 Å². The van der Waals surface area contributed by atoms with Crippen molar-refractivity contribution in [1.82, 2.24) is 0 Å². The van der Waals surface area contributed by atoms with E-state index in [4.69, 9.17) is 0 Å². The molecule has 35 heavy (non-hydrogen) atoms. The summed E-state index contributed by atoms with van der Waals surface area (Å²) >= 11 is 0. The van der Waals surface area contributed by atoms with Gasteiger partial charge in [-0.1, -0.05) is 84.9 Å². The van der Waals surface area contributed by atoms with Gasteiger partial charge in [0.05, 0.1) is 21.2 Å². The number of aliphatic imine (C=N–C) groups is 2. The van der Waals surface area contributed by atoms with E-state index in [9.17, 15) is 8.42 Å². The van der Waals surface area contributed by atoms with Crippen molar-refractivity contribution in [1.29, 1.82) is 0 Å². The molecule has 0 spiro atoms. The standard InChI is InChI=1S/C30H22N2O2S/c33-35(34)29-21-25(31-19-7-13-23-9-3-1-4-10-23)15-17-27(29)28-18-16-26(22-30(28)35)32-20-8-14-24-11-5-2-6-12-24/h1-22H. The summed E-state index contributed by atoms with van der Waals surface area (Å²) in [4.78, 5) is 9.38. The van der Waals surface area contributed by atoms with E-state index in [2.05, 4.69) is 9.98 Å². The van der Waals surface area contributed by atoms with Crippen molar-refractivity contribution in [3.63, 3.8) is 0 Å². The zero-order chi connectivity index (χ0) is 24.1. The molecule has 0 aliphatic carbocycles. The minimum absolute atomic E-state index is 0.277. The van der Waals surface area contributed by atoms with E-state index in [1.54, 1.807) is 24.6 Å². The van der Waals surface area contributed by atoms with Gasteiger partial charge in [-0.05, 0) is 47.5 Å². The van der Waals surface area contributed by atoms with Gasteiger partial charge in [-0.25, -0.2) is 8.42 Å². The van der Waals surface area contributed by atoms with Gasteiger partial charge in [-0.3, -0.25) is 9.98 Å². The minimum Gasteiger partial charge on any atom is -0.257 e. The van der Waals surface area contributed by atoms with Gasteiger partial charge in [-0.2, -0.15) is 0 Å². The summed E-state index contributed by atoms with van der Waals surface area (Å²) in [6.45, 7) is 0. The third-order valence-electron chi connectivity index (χ3n) is 5.60. The van der Waals surface area contributed by atoms with Crippen LogP contribution in [-0.4, -0.2) is 20.8 Å². The predicted molar refractivity (Wildman–Crippen MR) is 145 cm³/mol. The number of allylic oxidation sites excluding steroid dienone is 2. The largest absolute Gasteiger partial charge is 0.257 e. The first-order valence-electron chi connectivity index (χ1n) is 11.2. The molecule has 0 amide bonds. The van der Waals surface area contributed by atoms with Crippen molar-refractivity contribution in [2.24, 2.45) is 9.98 Å². The Morgan fingerprint density at radius 2 is 0.971 bits per heavy atom. The second-order valence-corrected chi connectivity index (χ2v) is 9.85. The number of rotatable bonds is 6. The molecule has 1 heterocycles. The van der Waals surface area contributed by atoms with E-state index in [0.29, 0.717) is 22.5 Å². The molecule has 0 unspecified atom stereocenters. The molecule has 1 aliphatic rings. The summed E-state index contributed by atoms with van der Waals surface area (Å²) in [6.07, 6.45) is 10.9. The van der Waals surface area contributed by atoms with Crippen molar-refractivity contribution in [2.75, 3.05) is 0 Å². The highest BCUT2D eigenvalue weighted by Crippen LogP contribution is 2.45. The fourth-order valence-electron chi connectivity index (χ4n) is 3.89. The molecule has 0 saturated heterocycles. The van der Waals surface area contributed by atoms with E-state index < -0.39 is 9.84 Å². The Labute approximate surface area is 205 Å². The molecule has 0 atom stereocenters. The van der Waals surface area contributed by atoms with Gasteiger partial charge in [0, 0.05) is 23.6 Å². The Kier molecular flexibility index (Phi) is 6.33. The van der Waals surface area contributed by atoms with E-state index in [0.717, 1.165) is 11.1 Å². The second-order valence-electron chi connectivity index (χ2n) is 7.96. The molecule has 0 saturated carbocycles. The Bertz CT molecular complexity index is 1470. The van der Waals surface area contributed by atoms with Gasteiger partial charge >= 0.3 is 0 Å². The summed E-state index contributed by atoms with van der Waals surface area (Å²) in [5.41, 5.74) is 4.70. The van der Waals surface area contributed by atoms with Gasteiger partial charge in [0.15, 0.2) is 0 Å². The predicted octanol–water partition coefficient (Wildman–Crippen LogP) is 7.33. The van der Waals surface area contributed by atoms with Crippen LogP contribution in [0, 0.1) is 0 Å². The van der Waals surface area contributed by atoms with Crippen LogP contribution < -0.4 is 0 Å². The Balaban J connectivity index is 1.35. The number of sulfone groups is 1. The molecule has 4 nitrogen and oxygen atoms in total. The molecule has 5 heteroatoms. The van der Waals surface area contributed by atoms with Crippen LogP contribution in [0.5, 0.6) is 0 Å². The molecule has 0 bridgehead atoms. The Hall–Kier alpha value is -4.35. The average molecular weight is 475 g/mol. The normalized spacial score (nSPS) is 14.3. The molecular weight excluding hydrogens is 452 g/mol. The molecular formula is C30H22N2O2S. The lowest BCUT2D eigenvalue weighted by Gasteiger charge is -2.00. The van der Waals surface area contributed by atoms with Crippen molar-refractivity contribution >= 4 is 45.8 Å². The van der Waals surface area contributed by atoms with Crippen LogP contribution in [0.15, 0.2) is 129 Å². The van der Waals surface area contributed by atoms with Crippen molar-refractivity contribution < 1.29 is 8.42 Å². The SMILES string of the molecule is O=S1(=O)c2cc(N=CC=Cc3ccccc3)ccc2-c2ccc(N=CC=Cc3ccccc3)cc21. The summed E-state index contributed by atoms with van der Waals surface area (Å²) < 4.78 is 26.6. The van der Waals surface area contributed by atoms with Crippen LogP contribution in [0.3, 0.4) is 0 Å². The van der Waals surface area contributed by atoms with Crippen molar-refractivity contribution in [3.05, 3.63) is 120 Å². The minimum atomic E-state index is -3.64. The highest BCUT2D eigenvalue weighted by molar-refractivity contribution is 7.92. The molecule has 0 radical (unpaired) electrons. The van der Waals surface area contributed by atoms with Crippen molar-refractivity contribution in [3.8, 4) is 11.1 Å². The number of hydrogen-bond donors (Lipinski definition) is 0. The highest BCUT2D eigenvalue weighted by atomic mass is 32.2. The van der Waals surface area contributed by atoms with Crippen LogP contribution in [0.25, 0.3) is 23.3 Å². The molecule has 5 rings (SSSR count). The maximum atomic E-state index is 13.3. The lowest BCUT2D eigenvalue weighted by atomic mass is 10.1. The van der Waals surface area contributed by atoms with E-state index in [1.165, 1.54) is 0 Å². The lowest BCUT2D eigenvalue weighted by molar-refractivity contribution is 0.598. The number of fused-ring (bicyclic) bond motifs is 3. The first-order chi connectivity index (χ1) is 17.1. The maximum absolute atomic E-state index is 13.3. The van der Waals surface area contributed by atoms with E-state index >= 15 is 0 Å². The molecule has 4 aromatic rings. The lowest BCUT2D eigenvalue weighted by Crippen LogP contribution is -1.96. The molecule has 1 aliphatic heterocycles. The summed E-state index contributed by atoms with van der Waals surface area (Å²) in [5, 5.41) is 0. The zero-order valence-electron chi connectivity index (χ0n) is 18.8. The van der Waals surface area contributed by atoms with Gasteiger partial charge in [0.2, 0.25) is 9.84 Å². The maximum Gasteiger partial charge on any atom is 0.207 e. The summed E-state index contributed by atoms with van der Waals surface area (Å²) in [5.74, 6) is 0. The smallest absolute Gasteiger partial charge is 0.207 e. The van der Waals surface area contributed by atoms with Crippen LogP contribution in [0.1, 0.15) is 11.1 Å². The third-order valence-corrected chi connectivity index (χ3v) is 7.43. The Morgan fingerprint density at radius 1 is 0.543 bits per heavy atom. The zero-order valence-corrected chi connectivity index (χ0v) is 19.6. The van der Waals surface area contributed by atoms with Gasteiger partial charge in [0.1, 0.15) is 0 Å². The summed E-state index contributed by atoms with van der Waals surface area (Å²) in [6, 6.07) is 30.4. The topological polar surface area (TPSA) is 58.9 Å². The molecule has 0 aromatic heterocycles. The van der Waals surface area contributed by atoms with Gasteiger partial charge in [-0.15, -0.1) is 0 Å².